The average molecular weight is 293 g/mol. The summed E-state index contributed by atoms with van der Waals surface area (Å²) in [5.41, 5.74) is 1.25. The number of aryl methyl sites for hydroxylation is 1. The molecule has 0 aliphatic carbocycles. The van der Waals surface area contributed by atoms with Crippen molar-refractivity contribution in [1.82, 2.24) is 15.2 Å². The van der Waals surface area contributed by atoms with Crippen molar-refractivity contribution < 1.29 is 0 Å². The highest BCUT2D eigenvalue weighted by molar-refractivity contribution is 7.11. The van der Waals surface area contributed by atoms with Crippen molar-refractivity contribution in [2.75, 3.05) is 13.6 Å². The van der Waals surface area contributed by atoms with Crippen LogP contribution in [0.3, 0.4) is 0 Å². The maximum Gasteiger partial charge on any atom is 0.0963 e. The highest BCUT2D eigenvalue weighted by atomic mass is 32.1. The Morgan fingerprint density at radius 3 is 2.65 bits per heavy atom. The van der Waals surface area contributed by atoms with Crippen LogP contribution >= 0.6 is 11.3 Å². The van der Waals surface area contributed by atoms with E-state index in [1.165, 1.54) is 47.7 Å². The molecule has 0 spiro atoms. The van der Waals surface area contributed by atoms with Gasteiger partial charge in [-0.25, -0.2) is 4.98 Å². The van der Waals surface area contributed by atoms with Gasteiger partial charge in [0.25, 0.3) is 0 Å². The van der Waals surface area contributed by atoms with E-state index < -0.39 is 0 Å². The molecule has 3 heterocycles. The number of hydrogen-bond donors (Lipinski definition) is 1. The highest BCUT2D eigenvalue weighted by Gasteiger charge is 2.39. The summed E-state index contributed by atoms with van der Waals surface area (Å²) in [6.07, 6.45) is 6.63. The monoisotopic (exact) mass is 293 g/mol. The van der Waals surface area contributed by atoms with Crippen LogP contribution in [0.25, 0.3) is 0 Å². The second-order valence-corrected chi connectivity index (χ2v) is 7.57. The molecule has 1 N–H and O–H groups in total. The number of nitrogens with zero attached hydrogens (tertiary/aromatic N) is 2. The normalized spacial score (nSPS) is 30.1. The van der Waals surface area contributed by atoms with Crippen LogP contribution in [0.1, 0.15) is 60.5 Å². The number of rotatable bonds is 5. The molecule has 3 rings (SSSR count). The number of thiazole rings is 1. The number of aromatic nitrogens is 1. The van der Waals surface area contributed by atoms with Gasteiger partial charge in [-0.3, -0.25) is 0 Å². The Morgan fingerprint density at radius 2 is 2.00 bits per heavy atom. The van der Waals surface area contributed by atoms with Crippen molar-refractivity contribution in [1.29, 1.82) is 0 Å². The van der Waals surface area contributed by atoms with E-state index in [2.05, 4.69) is 31.1 Å². The molecule has 2 aliphatic heterocycles. The first kappa shape index (κ1) is 14.5. The molecule has 20 heavy (non-hydrogen) atoms. The van der Waals surface area contributed by atoms with Crippen molar-refractivity contribution in [2.45, 2.75) is 70.5 Å². The van der Waals surface area contributed by atoms with Gasteiger partial charge < -0.3 is 10.2 Å². The molecule has 2 atom stereocenters. The Kier molecular flexibility index (Phi) is 4.43. The van der Waals surface area contributed by atoms with Crippen molar-refractivity contribution in [3.05, 3.63) is 15.6 Å². The van der Waals surface area contributed by atoms with Crippen LogP contribution in [0.15, 0.2) is 0 Å². The molecule has 2 fully saturated rings. The van der Waals surface area contributed by atoms with Gasteiger partial charge in [-0.1, -0.05) is 6.92 Å². The molecule has 2 aliphatic rings. The standard InChI is InChI=1S/C16H27N3S/c1-4-7-17-10-15-11(2)18-16(20-15)12-8-13-5-6-14(9-12)19(13)3/h12-14,17H,4-10H2,1-3H3. The van der Waals surface area contributed by atoms with Gasteiger partial charge in [0.2, 0.25) is 0 Å². The zero-order valence-corrected chi connectivity index (χ0v) is 13.8. The summed E-state index contributed by atoms with van der Waals surface area (Å²) in [7, 11) is 2.31. The van der Waals surface area contributed by atoms with E-state index in [-0.39, 0.29) is 0 Å². The molecule has 0 aromatic carbocycles. The maximum atomic E-state index is 4.89. The molecule has 2 unspecified atom stereocenters. The van der Waals surface area contributed by atoms with Crippen LogP contribution in [0.5, 0.6) is 0 Å². The van der Waals surface area contributed by atoms with Crippen LogP contribution in [-0.4, -0.2) is 35.6 Å². The third-order valence-corrected chi connectivity index (χ3v) is 6.39. The highest BCUT2D eigenvalue weighted by Crippen LogP contribution is 2.43. The Hall–Kier alpha value is -0.450. The molecule has 4 heteroatoms. The summed E-state index contributed by atoms with van der Waals surface area (Å²) in [6, 6.07) is 1.62. The van der Waals surface area contributed by atoms with Gasteiger partial charge in [0, 0.05) is 29.4 Å². The molecule has 112 valence electrons. The molecule has 2 bridgehead atoms. The quantitative estimate of drug-likeness (QED) is 0.844. The van der Waals surface area contributed by atoms with Crippen molar-refractivity contribution in [2.24, 2.45) is 0 Å². The SMILES string of the molecule is CCCNCc1sc(C2CC3CCC(C2)N3C)nc1C. The molecule has 3 nitrogen and oxygen atoms in total. The Balaban J connectivity index is 1.67. The summed E-state index contributed by atoms with van der Waals surface area (Å²) in [5, 5.41) is 4.91. The molecule has 0 amide bonds. The summed E-state index contributed by atoms with van der Waals surface area (Å²) in [4.78, 5) is 8.95. The predicted octanol–water partition coefficient (Wildman–Crippen LogP) is 3.29. The molecule has 2 saturated heterocycles. The Morgan fingerprint density at radius 1 is 1.30 bits per heavy atom. The topological polar surface area (TPSA) is 28.2 Å². The van der Waals surface area contributed by atoms with Crippen LogP contribution in [0.2, 0.25) is 0 Å². The molecule has 0 saturated carbocycles. The number of fused-ring (bicyclic) bond motifs is 2. The average Bonchev–Trinajstić information content (AvgIpc) is 2.87. The lowest BCUT2D eigenvalue weighted by molar-refractivity contribution is 0.161. The van der Waals surface area contributed by atoms with Crippen molar-refractivity contribution in [3.8, 4) is 0 Å². The fourth-order valence-corrected chi connectivity index (χ4v) is 4.94. The second kappa shape index (κ2) is 6.12. The van der Waals surface area contributed by atoms with Crippen molar-refractivity contribution in [3.63, 3.8) is 0 Å². The molecular weight excluding hydrogens is 266 g/mol. The van der Waals surface area contributed by atoms with E-state index in [4.69, 9.17) is 4.98 Å². The van der Waals surface area contributed by atoms with E-state index in [9.17, 15) is 0 Å². The number of hydrogen-bond acceptors (Lipinski definition) is 4. The van der Waals surface area contributed by atoms with Crippen LogP contribution < -0.4 is 5.32 Å². The van der Waals surface area contributed by atoms with Gasteiger partial charge in [0.05, 0.1) is 10.7 Å². The minimum Gasteiger partial charge on any atom is -0.312 e. The smallest absolute Gasteiger partial charge is 0.0963 e. The van der Waals surface area contributed by atoms with Gasteiger partial charge in [-0.2, -0.15) is 0 Å². The fraction of sp³-hybridized carbons (Fsp3) is 0.812. The summed E-state index contributed by atoms with van der Waals surface area (Å²) < 4.78 is 0. The van der Waals surface area contributed by atoms with E-state index in [0.717, 1.165) is 25.2 Å². The molecule has 1 aromatic rings. The van der Waals surface area contributed by atoms with Gasteiger partial charge in [-0.05, 0) is 52.6 Å². The first-order valence-corrected chi connectivity index (χ1v) is 8.89. The molecular formula is C16H27N3S. The zero-order chi connectivity index (χ0) is 14.1. The predicted molar refractivity (Wildman–Crippen MR) is 85.4 cm³/mol. The third-order valence-electron chi connectivity index (χ3n) is 5.07. The molecule has 1 aromatic heterocycles. The van der Waals surface area contributed by atoms with Crippen LogP contribution in [-0.2, 0) is 6.54 Å². The van der Waals surface area contributed by atoms with Gasteiger partial charge in [0.15, 0.2) is 0 Å². The summed E-state index contributed by atoms with van der Waals surface area (Å²) in [5.74, 6) is 0.715. The lowest BCUT2D eigenvalue weighted by Crippen LogP contribution is -2.39. The van der Waals surface area contributed by atoms with Gasteiger partial charge in [-0.15, -0.1) is 11.3 Å². The van der Waals surface area contributed by atoms with Gasteiger partial charge in [0.1, 0.15) is 0 Å². The third kappa shape index (κ3) is 2.78. The van der Waals surface area contributed by atoms with Crippen LogP contribution in [0, 0.1) is 6.92 Å². The molecule has 0 radical (unpaired) electrons. The lowest BCUT2D eigenvalue weighted by Gasteiger charge is -2.35. The maximum absolute atomic E-state index is 4.89. The van der Waals surface area contributed by atoms with E-state index >= 15 is 0 Å². The summed E-state index contributed by atoms with van der Waals surface area (Å²) in [6.45, 7) is 6.49. The summed E-state index contributed by atoms with van der Waals surface area (Å²) >= 11 is 1.96. The zero-order valence-electron chi connectivity index (χ0n) is 13.0. The van der Waals surface area contributed by atoms with Crippen LogP contribution in [0.4, 0.5) is 0 Å². The Labute approximate surface area is 126 Å². The first-order valence-electron chi connectivity index (χ1n) is 8.08. The Bertz CT molecular complexity index is 443. The van der Waals surface area contributed by atoms with Gasteiger partial charge >= 0.3 is 0 Å². The minimum absolute atomic E-state index is 0.715. The second-order valence-electron chi connectivity index (χ2n) is 6.46. The van der Waals surface area contributed by atoms with E-state index in [1.807, 2.05) is 11.3 Å². The van der Waals surface area contributed by atoms with Crippen molar-refractivity contribution >= 4 is 11.3 Å². The number of piperidine rings is 1. The van der Waals surface area contributed by atoms with E-state index in [1.54, 1.807) is 0 Å². The minimum atomic E-state index is 0.715. The first-order chi connectivity index (χ1) is 9.69. The fourth-order valence-electron chi connectivity index (χ4n) is 3.78. The largest absolute Gasteiger partial charge is 0.312 e. The number of nitrogens with one attached hydrogen (secondary N) is 1. The lowest BCUT2D eigenvalue weighted by atomic mass is 9.92. The van der Waals surface area contributed by atoms with E-state index in [0.29, 0.717) is 5.92 Å².